The summed E-state index contributed by atoms with van der Waals surface area (Å²) >= 11 is 0. The van der Waals surface area contributed by atoms with Gasteiger partial charge in [-0.25, -0.2) is 0 Å². The standard InChI is InChI=1S/C15H24F2N2O2/c1-10-5-6-14(21-15(16)17)13(7-10)11(2)18-8-12(20)9-19(3)4/h5-7,11-12,15,18,20H,8-9H2,1-4H3. The normalized spacial score (nSPS) is 14.5. The van der Waals surface area contributed by atoms with E-state index in [2.05, 4.69) is 10.1 Å². The SMILES string of the molecule is Cc1ccc(OC(F)F)c(C(C)NCC(O)CN(C)C)c1. The first-order chi connectivity index (χ1) is 9.79. The molecule has 0 radical (unpaired) electrons. The Bertz CT molecular complexity index is 442. The molecule has 0 heterocycles. The molecule has 0 aromatic heterocycles. The first-order valence-corrected chi connectivity index (χ1v) is 6.91. The second-order valence-corrected chi connectivity index (χ2v) is 5.47. The number of aryl methyl sites for hydroxylation is 1. The highest BCUT2D eigenvalue weighted by Crippen LogP contribution is 2.27. The number of halogens is 2. The summed E-state index contributed by atoms with van der Waals surface area (Å²) in [6.45, 7) is 1.81. The lowest BCUT2D eigenvalue weighted by molar-refractivity contribution is -0.0507. The highest BCUT2D eigenvalue weighted by molar-refractivity contribution is 5.39. The average Bonchev–Trinajstić information content (AvgIpc) is 2.36. The van der Waals surface area contributed by atoms with E-state index in [0.29, 0.717) is 18.7 Å². The van der Waals surface area contributed by atoms with Crippen LogP contribution in [-0.4, -0.2) is 49.9 Å². The molecule has 0 aliphatic rings. The highest BCUT2D eigenvalue weighted by Gasteiger charge is 2.16. The summed E-state index contributed by atoms with van der Waals surface area (Å²) < 4.78 is 29.4. The molecule has 1 rings (SSSR count). The van der Waals surface area contributed by atoms with E-state index in [0.717, 1.165) is 5.56 Å². The summed E-state index contributed by atoms with van der Waals surface area (Å²) in [5, 5.41) is 13.0. The van der Waals surface area contributed by atoms with Gasteiger partial charge in [-0.15, -0.1) is 0 Å². The largest absolute Gasteiger partial charge is 0.434 e. The molecule has 6 heteroatoms. The van der Waals surface area contributed by atoms with Gasteiger partial charge in [-0.2, -0.15) is 8.78 Å². The number of rotatable bonds is 8. The van der Waals surface area contributed by atoms with Crippen LogP contribution in [0.25, 0.3) is 0 Å². The van der Waals surface area contributed by atoms with Gasteiger partial charge in [0, 0.05) is 24.7 Å². The van der Waals surface area contributed by atoms with Crippen LogP contribution in [0.1, 0.15) is 24.1 Å². The summed E-state index contributed by atoms with van der Waals surface area (Å²) in [5.41, 5.74) is 1.63. The molecule has 2 unspecified atom stereocenters. The van der Waals surface area contributed by atoms with Crippen molar-refractivity contribution in [2.24, 2.45) is 0 Å². The van der Waals surface area contributed by atoms with Crippen LogP contribution in [0.3, 0.4) is 0 Å². The zero-order valence-corrected chi connectivity index (χ0v) is 12.9. The van der Waals surface area contributed by atoms with Gasteiger partial charge in [0.15, 0.2) is 0 Å². The summed E-state index contributed by atoms with van der Waals surface area (Å²) in [5.74, 6) is 0.165. The predicted octanol–water partition coefficient (Wildman–Crippen LogP) is 2.17. The molecular weight excluding hydrogens is 278 g/mol. The quantitative estimate of drug-likeness (QED) is 0.772. The third kappa shape index (κ3) is 6.37. The van der Waals surface area contributed by atoms with Crippen LogP contribution >= 0.6 is 0 Å². The van der Waals surface area contributed by atoms with Gasteiger partial charge in [0.05, 0.1) is 6.10 Å². The number of ether oxygens (including phenoxy) is 1. The van der Waals surface area contributed by atoms with Crippen LogP contribution in [0.15, 0.2) is 18.2 Å². The molecule has 0 amide bonds. The zero-order chi connectivity index (χ0) is 16.0. The van der Waals surface area contributed by atoms with E-state index in [-0.39, 0.29) is 11.8 Å². The predicted molar refractivity (Wildman–Crippen MR) is 78.8 cm³/mol. The lowest BCUT2D eigenvalue weighted by Crippen LogP contribution is -2.36. The van der Waals surface area contributed by atoms with E-state index >= 15 is 0 Å². The molecule has 2 atom stereocenters. The number of hydrogen-bond donors (Lipinski definition) is 2. The number of nitrogens with zero attached hydrogens (tertiary/aromatic N) is 1. The Balaban J connectivity index is 2.71. The fourth-order valence-corrected chi connectivity index (χ4v) is 2.12. The van der Waals surface area contributed by atoms with Crippen molar-refractivity contribution in [2.75, 3.05) is 27.2 Å². The molecule has 0 spiro atoms. The summed E-state index contributed by atoms with van der Waals surface area (Å²) in [6.07, 6.45) is -0.522. The van der Waals surface area contributed by atoms with Crippen molar-refractivity contribution in [3.05, 3.63) is 29.3 Å². The van der Waals surface area contributed by atoms with Crippen LogP contribution in [0, 0.1) is 6.92 Å². The van der Waals surface area contributed by atoms with Crippen molar-refractivity contribution >= 4 is 0 Å². The lowest BCUT2D eigenvalue weighted by atomic mass is 10.0. The van der Waals surface area contributed by atoms with Crippen LogP contribution in [0.5, 0.6) is 5.75 Å². The van der Waals surface area contributed by atoms with Gasteiger partial charge >= 0.3 is 6.61 Å². The van der Waals surface area contributed by atoms with Crippen molar-refractivity contribution in [3.63, 3.8) is 0 Å². The number of benzene rings is 1. The van der Waals surface area contributed by atoms with Crippen LogP contribution < -0.4 is 10.1 Å². The third-order valence-electron chi connectivity index (χ3n) is 3.08. The number of aliphatic hydroxyl groups is 1. The molecule has 0 aliphatic carbocycles. The molecule has 120 valence electrons. The number of alkyl halides is 2. The van der Waals surface area contributed by atoms with Gasteiger partial charge in [0.2, 0.25) is 0 Å². The minimum absolute atomic E-state index is 0.165. The van der Waals surface area contributed by atoms with Gasteiger partial charge in [0.25, 0.3) is 0 Å². The maximum Gasteiger partial charge on any atom is 0.387 e. The fourth-order valence-electron chi connectivity index (χ4n) is 2.12. The maximum atomic E-state index is 12.4. The maximum absolute atomic E-state index is 12.4. The van der Waals surface area contributed by atoms with E-state index in [9.17, 15) is 13.9 Å². The lowest BCUT2D eigenvalue weighted by Gasteiger charge is -2.22. The van der Waals surface area contributed by atoms with Gasteiger partial charge < -0.3 is 20.1 Å². The molecule has 0 saturated heterocycles. The monoisotopic (exact) mass is 302 g/mol. The summed E-state index contributed by atoms with van der Waals surface area (Å²) in [7, 11) is 3.75. The van der Waals surface area contributed by atoms with Crippen molar-refractivity contribution < 1.29 is 18.6 Å². The van der Waals surface area contributed by atoms with Gasteiger partial charge in [-0.05, 0) is 34.0 Å². The van der Waals surface area contributed by atoms with Gasteiger partial charge in [-0.1, -0.05) is 17.7 Å². The molecule has 0 fully saturated rings. The Morgan fingerprint density at radius 1 is 1.33 bits per heavy atom. The molecule has 2 N–H and O–H groups in total. The van der Waals surface area contributed by atoms with Crippen LogP contribution in [0.4, 0.5) is 8.78 Å². The van der Waals surface area contributed by atoms with E-state index < -0.39 is 12.7 Å². The van der Waals surface area contributed by atoms with Crippen molar-refractivity contribution in [1.82, 2.24) is 10.2 Å². The molecular formula is C15H24F2N2O2. The fraction of sp³-hybridized carbons (Fsp3) is 0.600. The molecule has 1 aromatic rings. The number of aliphatic hydroxyl groups excluding tert-OH is 1. The van der Waals surface area contributed by atoms with Crippen molar-refractivity contribution in [2.45, 2.75) is 32.6 Å². The molecule has 0 aliphatic heterocycles. The topological polar surface area (TPSA) is 44.7 Å². The molecule has 4 nitrogen and oxygen atoms in total. The first kappa shape index (κ1) is 17.8. The van der Waals surface area contributed by atoms with E-state index in [4.69, 9.17) is 0 Å². The molecule has 0 bridgehead atoms. The molecule has 21 heavy (non-hydrogen) atoms. The Kier molecular flexibility index (Phi) is 7.01. The van der Waals surface area contributed by atoms with Gasteiger partial charge in [0.1, 0.15) is 5.75 Å². The van der Waals surface area contributed by atoms with Crippen LogP contribution in [0.2, 0.25) is 0 Å². The zero-order valence-electron chi connectivity index (χ0n) is 12.9. The number of nitrogens with one attached hydrogen (secondary N) is 1. The Labute approximate surface area is 124 Å². The highest BCUT2D eigenvalue weighted by atomic mass is 19.3. The van der Waals surface area contributed by atoms with Crippen molar-refractivity contribution in [1.29, 1.82) is 0 Å². The summed E-state index contributed by atoms with van der Waals surface area (Å²) in [6, 6.07) is 4.89. The first-order valence-electron chi connectivity index (χ1n) is 6.91. The van der Waals surface area contributed by atoms with Crippen molar-refractivity contribution in [3.8, 4) is 5.75 Å². The molecule has 1 aromatic carbocycles. The minimum atomic E-state index is -2.85. The summed E-state index contributed by atoms with van der Waals surface area (Å²) in [4.78, 5) is 1.88. The van der Waals surface area contributed by atoms with Gasteiger partial charge in [-0.3, -0.25) is 0 Å². The smallest absolute Gasteiger partial charge is 0.387 e. The second-order valence-electron chi connectivity index (χ2n) is 5.47. The number of likely N-dealkylation sites (N-methyl/N-ethyl adjacent to an activating group) is 1. The Hall–Kier alpha value is -1.24. The Morgan fingerprint density at radius 2 is 2.00 bits per heavy atom. The number of hydrogen-bond acceptors (Lipinski definition) is 4. The molecule has 0 saturated carbocycles. The minimum Gasteiger partial charge on any atom is -0.434 e. The van der Waals surface area contributed by atoms with E-state index in [1.54, 1.807) is 12.1 Å². The third-order valence-corrected chi connectivity index (χ3v) is 3.08. The second kappa shape index (κ2) is 8.26. The van der Waals surface area contributed by atoms with E-state index in [1.807, 2.05) is 38.9 Å². The Morgan fingerprint density at radius 3 is 2.57 bits per heavy atom. The van der Waals surface area contributed by atoms with E-state index in [1.165, 1.54) is 0 Å². The average molecular weight is 302 g/mol. The van der Waals surface area contributed by atoms with Crippen LogP contribution in [-0.2, 0) is 0 Å².